The first-order valence-electron chi connectivity index (χ1n) is 6.30. The summed E-state index contributed by atoms with van der Waals surface area (Å²) in [5.74, 6) is 1.65. The number of carbonyl (C=O) groups is 1. The molecule has 2 bridgehead atoms. The molecule has 2 nitrogen and oxygen atoms in total. The monoisotopic (exact) mass is 210 g/mol. The van der Waals surface area contributed by atoms with Crippen LogP contribution >= 0.6 is 0 Å². The van der Waals surface area contributed by atoms with Crippen molar-refractivity contribution in [2.24, 2.45) is 17.3 Å². The zero-order chi connectivity index (χ0) is 10.9. The van der Waals surface area contributed by atoms with Crippen molar-refractivity contribution in [2.75, 3.05) is 6.61 Å². The molecule has 0 spiro atoms. The van der Waals surface area contributed by atoms with Gasteiger partial charge in [-0.25, -0.2) is 0 Å². The Bertz CT molecular complexity index is 249. The van der Waals surface area contributed by atoms with E-state index in [1.165, 1.54) is 12.8 Å². The second-order valence-corrected chi connectivity index (χ2v) is 5.70. The number of fused-ring (bicyclic) bond motifs is 2. The predicted octanol–water partition coefficient (Wildman–Crippen LogP) is 2.54. The second-order valence-electron chi connectivity index (χ2n) is 5.70. The number of aliphatic hydroxyl groups excluding tert-OH is 1. The van der Waals surface area contributed by atoms with Crippen LogP contribution in [0.4, 0.5) is 0 Å². The molecule has 86 valence electrons. The third-order valence-corrected chi connectivity index (χ3v) is 4.44. The molecule has 2 heteroatoms. The number of Topliss-reactive ketones (excluding diaryl/α,β-unsaturated/α-hetero) is 1. The highest BCUT2D eigenvalue weighted by molar-refractivity contribution is 5.88. The van der Waals surface area contributed by atoms with Gasteiger partial charge in [0.2, 0.25) is 0 Å². The topological polar surface area (TPSA) is 37.3 Å². The number of aliphatic hydroxyl groups is 1. The third-order valence-electron chi connectivity index (χ3n) is 4.44. The molecule has 0 radical (unpaired) electrons. The standard InChI is InChI=1S/C13H22O2/c1-10(9-14)3-2-5-13-6-4-11(8-13)7-12(13)15/h10-11,14H,2-9H2,1H3. The largest absolute Gasteiger partial charge is 0.396 e. The highest BCUT2D eigenvalue weighted by atomic mass is 16.3. The highest BCUT2D eigenvalue weighted by Crippen LogP contribution is 2.54. The van der Waals surface area contributed by atoms with E-state index in [9.17, 15) is 4.79 Å². The normalized spacial score (nSPS) is 36.1. The maximum Gasteiger partial charge on any atom is 0.139 e. The summed E-state index contributed by atoms with van der Waals surface area (Å²) in [5.41, 5.74) is 0.0832. The smallest absolute Gasteiger partial charge is 0.139 e. The van der Waals surface area contributed by atoms with E-state index in [1.54, 1.807) is 0 Å². The quantitative estimate of drug-likeness (QED) is 0.757. The molecule has 2 aliphatic carbocycles. The van der Waals surface area contributed by atoms with Crippen LogP contribution in [-0.2, 0) is 4.79 Å². The van der Waals surface area contributed by atoms with Gasteiger partial charge in [-0.2, -0.15) is 0 Å². The molecule has 1 N–H and O–H groups in total. The Morgan fingerprint density at radius 2 is 2.40 bits per heavy atom. The Labute approximate surface area is 92.1 Å². The first kappa shape index (κ1) is 11.1. The summed E-state index contributed by atoms with van der Waals surface area (Å²) in [7, 11) is 0. The molecular formula is C13H22O2. The van der Waals surface area contributed by atoms with E-state index in [-0.39, 0.29) is 12.0 Å². The average molecular weight is 210 g/mol. The van der Waals surface area contributed by atoms with Crippen molar-refractivity contribution in [3.8, 4) is 0 Å². The van der Waals surface area contributed by atoms with Gasteiger partial charge in [0.05, 0.1) is 0 Å². The fourth-order valence-corrected chi connectivity index (χ4v) is 3.39. The van der Waals surface area contributed by atoms with Gasteiger partial charge in [0.1, 0.15) is 5.78 Å². The maximum atomic E-state index is 11.9. The van der Waals surface area contributed by atoms with E-state index < -0.39 is 0 Å². The van der Waals surface area contributed by atoms with Crippen LogP contribution in [0.25, 0.3) is 0 Å². The molecule has 2 rings (SSSR count). The lowest BCUT2D eigenvalue weighted by Crippen LogP contribution is -2.25. The molecule has 0 aromatic carbocycles. The molecule has 0 saturated heterocycles. The maximum absolute atomic E-state index is 11.9. The second kappa shape index (κ2) is 4.25. The third kappa shape index (κ3) is 2.10. The van der Waals surface area contributed by atoms with Crippen molar-refractivity contribution >= 4 is 5.78 Å². The minimum atomic E-state index is 0.0832. The van der Waals surface area contributed by atoms with Gasteiger partial charge in [-0.1, -0.05) is 13.3 Å². The molecule has 2 saturated carbocycles. The summed E-state index contributed by atoms with van der Waals surface area (Å²) in [6, 6.07) is 0. The number of rotatable bonds is 5. The molecule has 2 aliphatic rings. The van der Waals surface area contributed by atoms with Crippen LogP contribution in [0, 0.1) is 17.3 Å². The Kier molecular flexibility index (Phi) is 3.15. The minimum Gasteiger partial charge on any atom is -0.396 e. The van der Waals surface area contributed by atoms with Crippen molar-refractivity contribution < 1.29 is 9.90 Å². The molecule has 15 heavy (non-hydrogen) atoms. The zero-order valence-corrected chi connectivity index (χ0v) is 9.67. The van der Waals surface area contributed by atoms with Gasteiger partial charge in [0, 0.05) is 18.4 Å². The van der Waals surface area contributed by atoms with Gasteiger partial charge < -0.3 is 5.11 Å². The van der Waals surface area contributed by atoms with Gasteiger partial charge in [-0.3, -0.25) is 4.79 Å². The van der Waals surface area contributed by atoms with Crippen LogP contribution in [0.15, 0.2) is 0 Å². The molecule has 2 fully saturated rings. The number of hydrogen-bond acceptors (Lipinski definition) is 2. The van der Waals surface area contributed by atoms with Gasteiger partial charge >= 0.3 is 0 Å². The van der Waals surface area contributed by atoms with Crippen molar-refractivity contribution in [1.29, 1.82) is 0 Å². The summed E-state index contributed by atoms with van der Waals surface area (Å²) in [4.78, 5) is 11.9. The molecule has 0 amide bonds. The van der Waals surface area contributed by atoms with E-state index in [0.717, 1.165) is 32.1 Å². The summed E-state index contributed by atoms with van der Waals surface area (Å²) >= 11 is 0. The molecule has 3 atom stereocenters. The molecule has 0 aliphatic heterocycles. The van der Waals surface area contributed by atoms with Crippen molar-refractivity contribution in [3.63, 3.8) is 0 Å². The molecule has 3 unspecified atom stereocenters. The van der Waals surface area contributed by atoms with Crippen LogP contribution in [0.1, 0.15) is 51.9 Å². The van der Waals surface area contributed by atoms with Gasteiger partial charge in [0.25, 0.3) is 0 Å². The van der Waals surface area contributed by atoms with Crippen LogP contribution in [0.2, 0.25) is 0 Å². The SMILES string of the molecule is CC(CO)CCCC12CCC(CC1=O)C2. The fourth-order valence-electron chi connectivity index (χ4n) is 3.39. The zero-order valence-electron chi connectivity index (χ0n) is 9.67. The molecule has 0 aromatic heterocycles. The first-order chi connectivity index (χ1) is 7.16. The van der Waals surface area contributed by atoms with E-state index in [2.05, 4.69) is 6.92 Å². The van der Waals surface area contributed by atoms with Crippen molar-refractivity contribution in [3.05, 3.63) is 0 Å². The van der Waals surface area contributed by atoms with Crippen molar-refractivity contribution in [2.45, 2.75) is 51.9 Å². The van der Waals surface area contributed by atoms with Gasteiger partial charge in [-0.15, -0.1) is 0 Å². The predicted molar refractivity (Wildman–Crippen MR) is 59.5 cm³/mol. The van der Waals surface area contributed by atoms with Crippen LogP contribution in [-0.4, -0.2) is 17.5 Å². The fraction of sp³-hybridized carbons (Fsp3) is 0.923. The van der Waals surface area contributed by atoms with Gasteiger partial charge in [0.15, 0.2) is 0 Å². The number of carbonyl (C=O) groups excluding carboxylic acids is 1. The Hall–Kier alpha value is -0.370. The minimum absolute atomic E-state index is 0.0832. The molecule has 0 aromatic rings. The Morgan fingerprint density at radius 1 is 1.60 bits per heavy atom. The summed E-state index contributed by atoms with van der Waals surface area (Å²) < 4.78 is 0. The van der Waals surface area contributed by atoms with E-state index in [1.807, 2.05) is 0 Å². The number of hydrogen-bond donors (Lipinski definition) is 1. The lowest BCUT2D eigenvalue weighted by atomic mass is 9.78. The van der Waals surface area contributed by atoms with Crippen molar-refractivity contribution in [1.82, 2.24) is 0 Å². The summed E-state index contributed by atoms with van der Waals surface area (Å²) in [6.07, 6.45) is 7.70. The summed E-state index contributed by atoms with van der Waals surface area (Å²) in [6.45, 7) is 2.36. The highest BCUT2D eigenvalue weighted by Gasteiger charge is 2.50. The number of ketones is 1. The summed E-state index contributed by atoms with van der Waals surface area (Å²) in [5, 5.41) is 8.94. The van der Waals surface area contributed by atoms with Crippen LogP contribution in [0.3, 0.4) is 0 Å². The van der Waals surface area contributed by atoms with Gasteiger partial charge in [-0.05, 0) is 43.9 Å². The Morgan fingerprint density at radius 3 is 2.93 bits per heavy atom. The van der Waals surface area contributed by atoms with Crippen LogP contribution < -0.4 is 0 Å². The molecule has 0 heterocycles. The lowest BCUT2D eigenvalue weighted by Gasteiger charge is -2.25. The van der Waals surface area contributed by atoms with E-state index in [4.69, 9.17) is 5.11 Å². The van der Waals surface area contributed by atoms with Crippen LogP contribution in [0.5, 0.6) is 0 Å². The van der Waals surface area contributed by atoms with E-state index >= 15 is 0 Å². The lowest BCUT2D eigenvalue weighted by molar-refractivity contribution is -0.127. The first-order valence-corrected chi connectivity index (χ1v) is 6.30. The Balaban J connectivity index is 1.81. The molecular weight excluding hydrogens is 188 g/mol. The van der Waals surface area contributed by atoms with E-state index in [0.29, 0.717) is 17.6 Å². The average Bonchev–Trinajstić information content (AvgIpc) is 2.74.